The second-order valence-corrected chi connectivity index (χ2v) is 5.29. The SMILES string of the molecule is CCCCCCCCCCOC(=O)C1CCCN1. The number of nitrogens with one attached hydrogen (secondary N) is 1. The lowest BCUT2D eigenvalue weighted by Crippen LogP contribution is -2.32. The van der Waals surface area contributed by atoms with Gasteiger partial charge in [-0.2, -0.15) is 0 Å². The summed E-state index contributed by atoms with van der Waals surface area (Å²) in [7, 11) is 0. The summed E-state index contributed by atoms with van der Waals surface area (Å²) < 4.78 is 5.27. The molecule has 0 radical (unpaired) electrons. The highest BCUT2D eigenvalue weighted by Gasteiger charge is 2.22. The minimum Gasteiger partial charge on any atom is -0.465 e. The standard InChI is InChI=1S/C15H29NO2/c1-2-3-4-5-6-7-8-9-13-18-15(17)14-11-10-12-16-14/h14,16H,2-13H2,1H3. The molecular formula is C15H29NO2. The minimum absolute atomic E-state index is 0.0287. The van der Waals surface area contributed by atoms with E-state index >= 15 is 0 Å². The van der Waals surface area contributed by atoms with Crippen LogP contribution in [0.25, 0.3) is 0 Å². The van der Waals surface area contributed by atoms with Gasteiger partial charge in [0, 0.05) is 0 Å². The molecule has 0 bridgehead atoms. The minimum atomic E-state index is -0.0459. The Morgan fingerprint density at radius 1 is 1.11 bits per heavy atom. The molecule has 18 heavy (non-hydrogen) atoms. The molecule has 3 heteroatoms. The third-order valence-corrected chi connectivity index (χ3v) is 3.59. The van der Waals surface area contributed by atoms with Crippen LogP contribution >= 0.6 is 0 Å². The summed E-state index contributed by atoms with van der Waals surface area (Å²) in [4.78, 5) is 11.6. The lowest BCUT2D eigenvalue weighted by Gasteiger charge is -2.10. The van der Waals surface area contributed by atoms with Crippen molar-refractivity contribution >= 4 is 5.97 Å². The van der Waals surface area contributed by atoms with Crippen LogP contribution in [0.2, 0.25) is 0 Å². The van der Waals surface area contributed by atoms with Gasteiger partial charge in [-0.05, 0) is 25.8 Å². The number of carbonyl (C=O) groups is 1. The highest BCUT2D eigenvalue weighted by Crippen LogP contribution is 2.09. The van der Waals surface area contributed by atoms with E-state index in [4.69, 9.17) is 4.74 Å². The summed E-state index contributed by atoms with van der Waals surface area (Å²) in [5, 5.41) is 3.16. The number of hydrogen-bond acceptors (Lipinski definition) is 3. The molecule has 1 unspecified atom stereocenters. The normalized spacial score (nSPS) is 19.1. The van der Waals surface area contributed by atoms with Gasteiger partial charge in [0.2, 0.25) is 0 Å². The molecule has 3 nitrogen and oxygen atoms in total. The Hall–Kier alpha value is -0.570. The van der Waals surface area contributed by atoms with Crippen LogP contribution in [-0.4, -0.2) is 25.2 Å². The molecule has 1 atom stereocenters. The topological polar surface area (TPSA) is 38.3 Å². The Balaban J connectivity index is 1.82. The van der Waals surface area contributed by atoms with E-state index < -0.39 is 0 Å². The first-order valence-electron chi connectivity index (χ1n) is 7.74. The largest absolute Gasteiger partial charge is 0.465 e. The van der Waals surface area contributed by atoms with Gasteiger partial charge in [0.25, 0.3) is 0 Å². The maximum Gasteiger partial charge on any atom is 0.323 e. The van der Waals surface area contributed by atoms with Crippen LogP contribution in [0.3, 0.4) is 0 Å². The molecule has 1 saturated heterocycles. The molecule has 106 valence electrons. The number of esters is 1. The van der Waals surface area contributed by atoms with Gasteiger partial charge in [-0.3, -0.25) is 4.79 Å². The third kappa shape index (κ3) is 7.00. The molecule has 1 N–H and O–H groups in total. The molecule has 1 aliphatic rings. The lowest BCUT2D eigenvalue weighted by molar-refractivity contribution is -0.145. The molecule has 1 rings (SSSR count). The number of unbranched alkanes of at least 4 members (excludes halogenated alkanes) is 7. The molecule has 0 aromatic rings. The van der Waals surface area contributed by atoms with E-state index in [0.29, 0.717) is 6.61 Å². The van der Waals surface area contributed by atoms with E-state index in [-0.39, 0.29) is 12.0 Å². The Morgan fingerprint density at radius 2 is 1.78 bits per heavy atom. The van der Waals surface area contributed by atoms with Crippen molar-refractivity contribution in [1.29, 1.82) is 0 Å². The second kappa shape index (κ2) is 10.4. The van der Waals surface area contributed by atoms with Crippen LogP contribution in [-0.2, 0) is 9.53 Å². The van der Waals surface area contributed by atoms with E-state index in [0.717, 1.165) is 25.8 Å². The van der Waals surface area contributed by atoms with Crippen molar-refractivity contribution in [3.05, 3.63) is 0 Å². The molecule has 0 aromatic carbocycles. The van der Waals surface area contributed by atoms with E-state index in [2.05, 4.69) is 12.2 Å². The van der Waals surface area contributed by atoms with E-state index in [1.54, 1.807) is 0 Å². The molecule has 0 amide bonds. The predicted octanol–water partition coefficient (Wildman–Crippen LogP) is 3.42. The quantitative estimate of drug-likeness (QED) is 0.480. The number of rotatable bonds is 10. The Morgan fingerprint density at radius 3 is 2.39 bits per heavy atom. The fraction of sp³-hybridized carbons (Fsp3) is 0.933. The average molecular weight is 255 g/mol. The lowest BCUT2D eigenvalue weighted by atomic mass is 10.1. The smallest absolute Gasteiger partial charge is 0.323 e. The van der Waals surface area contributed by atoms with Crippen molar-refractivity contribution in [2.24, 2.45) is 0 Å². The van der Waals surface area contributed by atoms with Crippen LogP contribution in [0.15, 0.2) is 0 Å². The summed E-state index contributed by atoms with van der Waals surface area (Å²) >= 11 is 0. The molecular weight excluding hydrogens is 226 g/mol. The Bertz CT molecular complexity index is 213. The second-order valence-electron chi connectivity index (χ2n) is 5.29. The number of carbonyl (C=O) groups excluding carboxylic acids is 1. The molecule has 0 aliphatic carbocycles. The maximum absolute atomic E-state index is 11.6. The van der Waals surface area contributed by atoms with Crippen LogP contribution in [0, 0.1) is 0 Å². The van der Waals surface area contributed by atoms with Crippen LogP contribution in [0.4, 0.5) is 0 Å². The van der Waals surface area contributed by atoms with Gasteiger partial charge in [-0.25, -0.2) is 0 Å². The van der Waals surface area contributed by atoms with Crippen LogP contribution in [0.1, 0.15) is 71.1 Å². The fourth-order valence-corrected chi connectivity index (χ4v) is 2.40. The zero-order valence-electron chi connectivity index (χ0n) is 11.9. The first-order chi connectivity index (χ1) is 8.84. The zero-order valence-corrected chi connectivity index (χ0v) is 11.9. The average Bonchev–Trinajstić information content (AvgIpc) is 2.90. The van der Waals surface area contributed by atoms with Gasteiger partial charge in [-0.1, -0.05) is 51.9 Å². The van der Waals surface area contributed by atoms with Crippen molar-refractivity contribution < 1.29 is 9.53 Å². The monoisotopic (exact) mass is 255 g/mol. The van der Waals surface area contributed by atoms with Gasteiger partial charge in [-0.15, -0.1) is 0 Å². The fourth-order valence-electron chi connectivity index (χ4n) is 2.40. The van der Waals surface area contributed by atoms with Gasteiger partial charge >= 0.3 is 5.97 Å². The summed E-state index contributed by atoms with van der Waals surface area (Å²) in [5.41, 5.74) is 0. The van der Waals surface area contributed by atoms with Gasteiger partial charge in [0.1, 0.15) is 6.04 Å². The van der Waals surface area contributed by atoms with Crippen molar-refractivity contribution in [3.63, 3.8) is 0 Å². The van der Waals surface area contributed by atoms with Crippen molar-refractivity contribution in [2.45, 2.75) is 77.2 Å². The Labute approximate surface area is 112 Å². The third-order valence-electron chi connectivity index (χ3n) is 3.59. The number of hydrogen-bond donors (Lipinski definition) is 1. The van der Waals surface area contributed by atoms with Crippen molar-refractivity contribution in [3.8, 4) is 0 Å². The van der Waals surface area contributed by atoms with Crippen LogP contribution < -0.4 is 5.32 Å². The maximum atomic E-state index is 11.6. The molecule has 0 spiro atoms. The highest BCUT2D eigenvalue weighted by atomic mass is 16.5. The summed E-state index contributed by atoms with van der Waals surface area (Å²) in [6, 6.07) is -0.0287. The predicted molar refractivity (Wildman–Crippen MR) is 74.6 cm³/mol. The van der Waals surface area contributed by atoms with Gasteiger partial charge < -0.3 is 10.1 Å². The molecule has 0 saturated carbocycles. The highest BCUT2D eigenvalue weighted by molar-refractivity contribution is 5.76. The molecule has 1 heterocycles. The van der Waals surface area contributed by atoms with Crippen molar-refractivity contribution in [2.75, 3.05) is 13.2 Å². The van der Waals surface area contributed by atoms with E-state index in [9.17, 15) is 4.79 Å². The first kappa shape index (κ1) is 15.5. The molecule has 1 aliphatic heterocycles. The van der Waals surface area contributed by atoms with E-state index in [1.165, 1.54) is 44.9 Å². The summed E-state index contributed by atoms with van der Waals surface area (Å²) in [6.07, 6.45) is 12.3. The zero-order chi connectivity index (χ0) is 13.1. The summed E-state index contributed by atoms with van der Waals surface area (Å²) in [6.45, 7) is 3.80. The number of ether oxygens (including phenoxy) is 1. The van der Waals surface area contributed by atoms with Gasteiger partial charge in [0.05, 0.1) is 6.61 Å². The Kier molecular flexibility index (Phi) is 8.92. The first-order valence-corrected chi connectivity index (χ1v) is 7.74. The van der Waals surface area contributed by atoms with Crippen molar-refractivity contribution in [1.82, 2.24) is 5.32 Å². The van der Waals surface area contributed by atoms with Gasteiger partial charge in [0.15, 0.2) is 0 Å². The van der Waals surface area contributed by atoms with Crippen LogP contribution in [0.5, 0.6) is 0 Å². The summed E-state index contributed by atoms with van der Waals surface area (Å²) in [5.74, 6) is -0.0459. The van der Waals surface area contributed by atoms with E-state index in [1.807, 2.05) is 0 Å². The molecule has 0 aromatic heterocycles. The molecule has 1 fully saturated rings.